The quantitative estimate of drug-likeness (QED) is 0.898. The van der Waals surface area contributed by atoms with Gasteiger partial charge in [-0.05, 0) is 42.2 Å². The summed E-state index contributed by atoms with van der Waals surface area (Å²) in [5, 5.41) is 5.19. The molecule has 2 atom stereocenters. The highest BCUT2D eigenvalue weighted by Crippen LogP contribution is 2.33. The molecule has 2 rings (SSSR count). The number of thiophene rings is 1. The summed E-state index contributed by atoms with van der Waals surface area (Å²) in [5.74, 6) is 0.157. The smallest absolute Gasteiger partial charge is 0.237 e. The SMILES string of the molecule is CC(C)C(N)C(=O)NC1CCCc2sccc21.Cl. The van der Waals surface area contributed by atoms with E-state index < -0.39 is 6.04 Å². The molecule has 0 aliphatic heterocycles. The monoisotopic (exact) mass is 288 g/mol. The zero-order valence-corrected chi connectivity index (χ0v) is 12.4. The van der Waals surface area contributed by atoms with Crippen molar-refractivity contribution in [1.82, 2.24) is 5.32 Å². The van der Waals surface area contributed by atoms with Crippen molar-refractivity contribution >= 4 is 29.7 Å². The number of aryl methyl sites for hydroxylation is 1. The molecule has 1 amide bonds. The summed E-state index contributed by atoms with van der Waals surface area (Å²) in [7, 11) is 0. The first-order valence-electron chi connectivity index (χ1n) is 6.22. The Morgan fingerprint density at radius 2 is 2.28 bits per heavy atom. The number of nitrogens with two attached hydrogens (primary N) is 1. The van der Waals surface area contributed by atoms with Crippen molar-refractivity contribution in [3.05, 3.63) is 21.9 Å². The Bertz CT molecular complexity index is 405. The van der Waals surface area contributed by atoms with Gasteiger partial charge in [-0.15, -0.1) is 23.7 Å². The lowest BCUT2D eigenvalue weighted by molar-refractivity contribution is -0.124. The second-order valence-electron chi connectivity index (χ2n) is 5.02. The largest absolute Gasteiger partial charge is 0.348 e. The standard InChI is InChI=1S/C13H20N2OS.ClH/c1-8(2)12(14)13(16)15-10-4-3-5-11-9(10)6-7-17-11;/h6-8,10,12H,3-5,14H2,1-2H3,(H,15,16);1H. The number of halogens is 1. The van der Waals surface area contributed by atoms with Crippen LogP contribution in [0.2, 0.25) is 0 Å². The molecule has 0 bridgehead atoms. The second kappa shape index (κ2) is 6.55. The van der Waals surface area contributed by atoms with Gasteiger partial charge in [0.1, 0.15) is 0 Å². The second-order valence-corrected chi connectivity index (χ2v) is 6.02. The molecule has 3 N–H and O–H groups in total. The van der Waals surface area contributed by atoms with E-state index in [2.05, 4.69) is 16.8 Å². The first-order chi connectivity index (χ1) is 8.09. The summed E-state index contributed by atoms with van der Waals surface area (Å²) in [6.07, 6.45) is 3.32. The van der Waals surface area contributed by atoms with Gasteiger partial charge in [0, 0.05) is 4.88 Å². The molecule has 1 aliphatic carbocycles. The van der Waals surface area contributed by atoms with E-state index in [-0.39, 0.29) is 30.3 Å². The van der Waals surface area contributed by atoms with Crippen molar-refractivity contribution in [2.24, 2.45) is 11.7 Å². The summed E-state index contributed by atoms with van der Waals surface area (Å²) in [6.45, 7) is 3.95. The van der Waals surface area contributed by atoms with Crippen molar-refractivity contribution in [3.8, 4) is 0 Å². The van der Waals surface area contributed by atoms with E-state index in [0.717, 1.165) is 19.3 Å². The summed E-state index contributed by atoms with van der Waals surface area (Å²) >= 11 is 1.79. The van der Waals surface area contributed by atoms with E-state index in [0.29, 0.717) is 0 Å². The minimum Gasteiger partial charge on any atom is -0.348 e. The average Bonchev–Trinajstić information content (AvgIpc) is 2.76. The minimum absolute atomic E-state index is 0. The third-order valence-electron chi connectivity index (χ3n) is 3.39. The van der Waals surface area contributed by atoms with E-state index in [9.17, 15) is 4.79 Å². The van der Waals surface area contributed by atoms with Crippen LogP contribution in [-0.4, -0.2) is 11.9 Å². The molecule has 1 aliphatic rings. The molecule has 0 aromatic carbocycles. The van der Waals surface area contributed by atoms with Gasteiger partial charge >= 0.3 is 0 Å². The van der Waals surface area contributed by atoms with Crippen LogP contribution in [0.25, 0.3) is 0 Å². The Morgan fingerprint density at radius 3 is 2.94 bits per heavy atom. The summed E-state index contributed by atoms with van der Waals surface area (Å²) < 4.78 is 0. The highest BCUT2D eigenvalue weighted by atomic mass is 35.5. The molecule has 0 spiro atoms. The number of nitrogens with one attached hydrogen (secondary N) is 1. The number of amides is 1. The maximum atomic E-state index is 12.0. The van der Waals surface area contributed by atoms with Crippen LogP contribution >= 0.6 is 23.7 Å². The lowest BCUT2D eigenvalue weighted by atomic mass is 9.93. The average molecular weight is 289 g/mol. The highest BCUT2D eigenvalue weighted by Gasteiger charge is 2.25. The molecule has 102 valence electrons. The topological polar surface area (TPSA) is 55.1 Å². The van der Waals surface area contributed by atoms with E-state index in [4.69, 9.17) is 5.73 Å². The Kier molecular flexibility index (Phi) is 5.63. The fourth-order valence-corrected chi connectivity index (χ4v) is 3.19. The zero-order valence-electron chi connectivity index (χ0n) is 10.8. The molecule has 0 saturated carbocycles. The molecule has 1 aromatic rings. The van der Waals surface area contributed by atoms with Crippen molar-refractivity contribution in [3.63, 3.8) is 0 Å². The number of fused-ring (bicyclic) bond motifs is 1. The molecule has 1 heterocycles. The highest BCUT2D eigenvalue weighted by molar-refractivity contribution is 7.10. The fraction of sp³-hybridized carbons (Fsp3) is 0.615. The molecule has 5 heteroatoms. The van der Waals surface area contributed by atoms with Crippen LogP contribution in [0.15, 0.2) is 11.4 Å². The van der Waals surface area contributed by atoms with Crippen LogP contribution in [-0.2, 0) is 11.2 Å². The van der Waals surface area contributed by atoms with Gasteiger partial charge in [0.15, 0.2) is 0 Å². The first kappa shape index (κ1) is 15.5. The van der Waals surface area contributed by atoms with Gasteiger partial charge in [-0.2, -0.15) is 0 Å². The Morgan fingerprint density at radius 1 is 1.56 bits per heavy atom. The third kappa shape index (κ3) is 3.25. The molecule has 0 saturated heterocycles. The molecule has 18 heavy (non-hydrogen) atoms. The number of rotatable bonds is 3. The maximum absolute atomic E-state index is 12.0. The van der Waals surface area contributed by atoms with Gasteiger partial charge in [0.2, 0.25) is 5.91 Å². The van der Waals surface area contributed by atoms with Crippen molar-refractivity contribution < 1.29 is 4.79 Å². The van der Waals surface area contributed by atoms with Crippen LogP contribution in [0.4, 0.5) is 0 Å². The summed E-state index contributed by atoms with van der Waals surface area (Å²) in [5.41, 5.74) is 7.16. The van der Waals surface area contributed by atoms with Gasteiger partial charge in [0.05, 0.1) is 12.1 Å². The van der Waals surface area contributed by atoms with Gasteiger partial charge in [-0.3, -0.25) is 4.79 Å². The van der Waals surface area contributed by atoms with Crippen molar-refractivity contribution in [2.45, 2.75) is 45.2 Å². The van der Waals surface area contributed by atoms with Crippen LogP contribution in [0, 0.1) is 5.92 Å². The lowest BCUT2D eigenvalue weighted by Gasteiger charge is -2.26. The minimum atomic E-state index is -0.404. The molecule has 2 unspecified atom stereocenters. The molecular formula is C13H21ClN2OS. The van der Waals surface area contributed by atoms with E-state index in [1.54, 1.807) is 11.3 Å². The molecule has 3 nitrogen and oxygen atoms in total. The third-order valence-corrected chi connectivity index (χ3v) is 4.39. The van der Waals surface area contributed by atoms with Gasteiger partial charge in [0.25, 0.3) is 0 Å². The van der Waals surface area contributed by atoms with Crippen molar-refractivity contribution in [1.29, 1.82) is 0 Å². The van der Waals surface area contributed by atoms with Gasteiger partial charge in [-0.25, -0.2) is 0 Å². The van der Waals surface area contributed by atoms with E-state index in [1.807, 2.05) is 13.8 Å². The summed E-state index contributed by atoms with van der Waals surface area (Å²) in [6, 6.07) is 1.90. The molecule has 0 radical (unpaired) electrons. The van der Waals surface area contributed by atoms with Gasteiger partial charge in [-0.1, -0.05) is 13.8 Å². The van der Waals surface area contributed by atoms with Crippen LogP contribution in [0.3, 0.4) is 0 Å². The first-order valence-corrected chi connectivity index (χ1v) is 7.09. The molecule has 1 aromatic heterocycles. The Labute approximate surface area is 119 Å². The number of carbonyl (C=O) groups excluding carboxylic acids is 1. The molecule has 0 fully saturated rings. The summed E-state index contributed by atoms with van der Waals surface area (Å²) in [4.78, 5) is 13.4. The van der Waals surface area contributed by atoms with Crippen LogP contribution in [0.5, 0.6) is 0 Å². The van der Waals surface area contributed by atoms with Crippen LogP contribution < -0.4 is 11.1 Å². The lowest BCUT2D eigenvalue weighted by Crippen LogP contribution is -2.45. The van der Waals surface area contributed by atoms with Crippen molar-refractivity contribution in [2.75, 3.05) is 0 Å². The Hall–Kier alpha value is -0.580. The zero-order chi connectivity index (χ0) is 12.4. The predicted molar refractivity (Wildman–Crippen MR) is 78.2 cm³/mol. The van der Waals surface area contributed by atoms with Gasteiger partial charge < -0.3 is 11.1 Å². The number of hydrogen-bond acceptors (Lipinski definition) is 3. The maximum Gasteiger partial charge on any atom is 0.237 e. The predicted octanol–water partition coefficient (Wildman–Crippen LogP) is 2.65. The van der Waals surface area contributed by atoms with E-state index in [1.165, 1.54) is 10.4 Å². The van der Waals surface area contributed by atoms with Crippen LogP contribution in [0.1, 0.15) is 43.2 Å². The number of carbonyl (C=O) groups is 1. The number of hydrogen-bond donors (Lipinski definition) is 2. The Balaban J connectivity index is 0.00000162. The normalized spacial score (nSPS) is 19.9. The molecular weight excluding hydrogens is 268 g/mol. The van der Waals surface area contributed by atoms with E-state index >= 15 is 0 Å². The fourth-order valence-electron chi connectivity index (χ4n) is 2.21.